The van der Waals surface area contributed by atoms with Crippen molar-refractivity contribution in [1.29, 1.82) is 0 Å². The minimum Gasteiger partial charge on any atom is -0.344 e. The molecule has 4 nitrogen and oxygen atoms in total. The number of rotatable bonds is 4. The van der Waals surface area contributed by atoms with Crippen molar-refractivity contribution in [3.05, 3.63) is 76.2 Å². The standard InChI is InChI=1S/C19H18N2O2S/c1-12(14-8-5-6-10-17(14)24-2)20-19(23)16-11-13-7-3-4-9-15(13)18(22)21-16/h3-12H,1-2H3,(H,20,23)(H,21,22)/t12-/m1/s1. The third kappa shape index (κ3) is 3.21. The van der Waals surface area contributed by atoms with Crippen molar-refractivity contribution in [2.45, 2.75) is 17.9 Å². The van der Waals surface area contributed by atoms with Crippen LogP contribution in [0.2, 0.25) is 0 Å². The van der Waals surface area contributed by atoms with Crippen LogP contribution in [0.1, 0.15) is 29.0 Å². The van der Waals surface area contributed by atoms with Crippen LogP contribution in [0.15, 0.2) is 64.3 Å². The highest BCUT2D eigenvalue weighted by Gasteiger charge is 2.15. The van der Waals surface area contributed by atoms with E-state index in [1.165, 1.54) is 0 Å². The predicted molar refractivity (Wildman–Crippen MR) is 98.7 cm³/mol. The van der Waals surface area contributed by atoms with Gasteiger partial charge in [-0.15, -0.1) is 11.8 Å². The Kier molecular flexibility index (Phi) is 4.71. The molecule has 0 aliphatic rings. The number of hydrogen-bond donors (Lipinski definition) is 2. The van der Waals surface area contributed by atoms with Gasteiger partial charge in [0, 0.05) is 10.3 Å². The number of fused-ring (bicyclic) bond motifs is 1. The van der Waals surface area contributed by atoms with Gasteiger partial charge < -0.3 is 10.3 Å². The first-order valence-electron chi connectivity index (χ1n) is 7.66. The van der Waals surface area contributed by atoms with Crippen LogP contribution in [0.4, 0.5) is 0 Å². The maximum absolute atomic E-state index is 12.5. The minimum atomic E-state index is -0.291. The number of pyridine rings is 1. The number of H-pyrrole nitrogens is 1. The number of amides is 1. The first-order chi connectivity index (χ1) is 11.6. The molecule has 0 saturated heterocycles. The molecule has 3 aromatic rings. The number of benzene rings is 2. The summed E-state index contributed by atoms with van der Waals surface area (Å²) in [5.41, 5.74) is 1.07. The third-order valence-corrected chi connectivity index (χ3v) is 4.76. The topological polar surface area (TPSA) is 62.0 Å². The summed E-state index contributed by atoms with van der Waals surface area (Å²) >= 11 is 1.64. The fourth-order valence-corrected chi connectivity index (χ4v) is 3.40. The Morgan fingerprint density at radius 1 is 1.12 bits per heavy atom. The van der Waals surface area contributed by atoms with Gasteiger partial charge in [0.25, 0.3) is 11.5 Å². The average Bonchev–Trinajstić information content (AvgIpc) is 2.61. The Morgan fingerprint density at radius 3 is 2.62 bits per heavy atom. The first-order valence-corrected chi connectivity index (χ1v) is 8.88. The normalized spacial score (nSPS) is 12.1. The molecule has 1 heterocycles. The molecular formula is C19H18N2O2S. The number of carbonyl (C=O) groups excluding carboxylic acids is 1. The summed E-state index contributed by atoms with van der Waals surface area (Å²) in [5.74, 6) is -0.291. The van der Waals surface area contributed by atoms with Crippen molar-refractivity contribution in [2.24, 2.45) is 0 Å². The van der Waals surface area contributed by atoms with Gasteiger partial charge in [0.1, 0.15) is 5.69 Å². The van der Waals surface area contributed by atoms with Crippen molar-refractivity contribution >= 4 is 28.4 Å². The molecule has 0 radical (unpaired) electrons. The van der Waals surface area contributed by atoms with Crippen LogP contribution in [-0.4, -0.2) is 17.1 Å². The molecule has 0 aliphatic heterocycles. The zero-order chi connectivity index (χ0) is 17.1. The molecule has 1 atom stereocenters. The van der Waals surface area contributed by atoms with E-state index in [1.54, 1.807) is 30.0 Å². The lowest BCUT2D eigenvalue weighted by Crippen LogP contribution is -2.29. The van der Waals surface area contributed by atoms with Crippen LogP contribution in [0.3, 0.4) is 0 Å². The van der Waals surface area contributed by atoms with Crippen molar-refractivity contribution in [1.82, 2.24) is 10.3 Å². The first kappa shape index (κ1) is 16.3. The van der Waals surface area contributed by atoms with E-state index in [9.17, 15) is 9.59 Å². The number of aromatic amines is 1. The number of hydrogen-bond acceptors (Lipinski definition) is 3. The molecule has 0 fully saturated rings. The summed E-state index contributed by atoms with van der Waals surface area (Å²) in [7, 11) is 0. The van der Waals surface area contributed by atoms with E-state index < -0.39 is 0 Å². The lowest BCUT2D eigenvalue weighted by Gasteiger charge is -2.17. The Balaban J connectivity index is 1.88. The highest BCUT2D eigenvalue weighted by molar-refractivity contribution is 7.98. The molecule has 0 bridgehead atoms. The molecular weight excluding hydrogens is 320 g/mol. The van der Waals surface area contributed by atoms with E-state index in [0.29, 0.717) is 5.39 Å². The summed E-state index contributed by atoms with van der Waals surface area (Å²) in [6.07, 6.45) is 2.01. The smallest absolute Gasteiger partial charge is 0.268 e. The summed E-state index contributed by atoms with van der Waals surface area (Å²) in [6.45, 7) is 1.94. The SMILES string of the molecule is CSc1ccccc1[C@@H](C)NC(=O)c1cc2ccccc2c(=O)[nH]1. The summed E-state index contributed by atoms with van der Waals surface area (Å²) in [6, 6.07) is 16.7. The fourth-order valence-electron chi connectivity index (χ4n) is 2.71. The Bertz CT molecular complexity index is 949. The largest absolute Gasteiger partial charge is 0.344 e. The second-order valence-electron chi connectivity index (χ2n) is 5.54. The maximum Gasteiger partial charge on any atom is 0.268 e. The Labute approximate surface area is 144 Å². The van der Waals surface area contributed by atoms with Crippen LogP contribution in [0, 0.1) is 0 Å². The molecule has 0 aliphatic carbocycles. The molecule has 0 unspecified atom stereocenters. The van der Waals surface area contributed by atoms with Gasteiger partial charge in [0.05, 0.1) is 6.04 Å². The van der Waals surface area contributed by atoms with Gasteiger partial charge in [0.2, 0.25) is 0 Å². The van der Waals surface area contributed by atoms with Gasteiger partial charge >= 0.3 is 0 Å². The molecule has 1 amide bonds. The number of aromatic nitrogens is 1. The quantitative estimate of drug-likeness (QED) is 0.712. The second kappa shape index (κ2) is 6.93. The molecule has 0 saturated carbocycles. The van der Waals surface area contributed by atoms with E-state index in [2.05, 4.69) is 10.3 Å². The molecule has 0 spiro atoms. The summed E-state index contributed by atoms with van der Waals surface area (Å²) in [4.78, 5) is 28.4. The zero-order valence-electron chi connectivity index (χ0n) is 13.5. The van der Waals surface area contributed by atoms with Crippen LogP contribution in [0.5, 0.6) is 0 Å². The molecule has 3 rings (SSSR count). The Morgan fingerprint density at radius 2 is 1.83 bits per heavy atom. The van der Waals surface area contributed by atoms with Crippen molar-refractivity contribution in [3.8, 4) is 0 Å². The monoisotopic (exact) mass is 338 g/mol. The van der Waals surface area contributed by atoms with Gasteiger partial charge in [-0.2, -0.15) is 0 Å². The molecule has 1 aromatic heterocycles. The van der Waals surface area contributed by atoms with Gasteiger partial charge in [-0.3, -0.25) is 9.59 Å². The highest BCUT2D eigenvalue weighted by Crippen LogP contribution is 2.25. The highest BCUT2D eigenvalue weighted by atomic mass is 32.2. The summed E-state index contributed by atoms with van der Waals surface area (Å²) in [5, 5.41) is 4.29. The molecule has 2 N–H and O–H groups in total. The molecule has 5 heteroatoms. The molecule has 24 heavy (non-hydrogen) atoms. The van der Waals surface area contributed by atoms with Gasteiger partial charge in [0.15, 0.2) is 0 Å². The maximum atomic E-state index is 12.5. The van der Waals surface area contributed by atoms with Crippen molar-refractivity contribution < 1.29 is 4.79 Å². The van der Waals surface area contributed by atoms with Crippen LogP contribution >= 0.6 is 11.8 Å². The Hall–Kier alpha value is -2.53. The van der Waals surface area contributed by atoms with Crippen LogP contribution < -0.4 is 10.9 Å². The summed E-state index contributed by atoms with van der Waals surface area (Å²) < 4.78 is 0. The van der Waals surface area contributed by atoms with E-state index in [-0.39, 0.29) is 23.2 Å². The van der Waals surface area contributed by atoms with Crippen LogP contribution in [0.25, 0.3) is 10.8 Å². The van der Waals surface area contributed by atoms with E-state index in [1.807, 2.05) is 49.6 Å². The van der Waals surface area contributed by atoms with Gasteiger partial charge in [-0.25, -0.2) is 0 Å². The fraction of sp³-hybridized carbons (Fsp3) is 0.158. The van der Waals surface area contributed by atoms with Crippen molar-refractivity contribution in [3.63, 3.8) is 0 Å². The van der Waals surface area contributed by atoms with E-state index in [0.717, 1.165) is 15.8 Å². The van der Waals surface area contributed by atoms with E-state index >= 15 is 0 Å². The third-order valence-electron chi connectivity index (χ3n) is 3.95. The minimum absolute atomic E-state index is 0.156. The average molecular weight is 338 g/mol. The second-order valence-corrected chi connectivity index (χ2v) is 6.38. The molecule has 122 valence electrons. The van der Waals surface area contributed by atoms with E-state index in [4.69, 9.17) is 0 Å². The lowest BCUT2D eigenvalue weighted by molar-refractivity contribution is 0.0934. The zero-order valence-corrected chi connectivity index (χ0v) is 14.3. The van der Waals surface area contributed by atoms with Crippen LogP contribution in [-0.2, 0) is 0 Å². The molecule has 2 aromatic carbocycles. The predicted octanol–water partition coefficient (Wildman–Crippen LogP) is 3.74. The van der Waals surface area contributed by atoms with Crippen molar-refractivity contribution in [2.75, 3.05) is 6.26 Å². The lowest BCUT2D eigenvalue weighted by atomic mass is 10.1. The van der Waals surface area contributed by atoms with Gasteiger partial charge in [-0.05, 0) is 42.3 Å². The van der Waals surface area contributed by atoms with Gasteiger partial charge in [-0.1, -0.05) is 36.4 Å². The number of nitrogens with one attached hydrogen (secondary N) is 2. The number of carbonyl (C=O) groups is 1. The number of thioether (sulfide) groups is 1.